The van der Waals surface area contributed by atoms with Crippen LogP contribution in [-0.2, 0) is 0 Å². The molecular formula is C27H25NO4. The van der Waals surface area contributed by atoms with Gasteiger partial charge in [0.25, 0.3) is 0 Å². The molecule has 3 N–H and O–H groups in total. The van der Waals surface area contributed by atoms with Crippen LogP contribution in [-0.4, -0.2) is 15.3 Å². The first-order valence-corrected chi connectivity index (χ1v) is 10.3. The summed E-state index contributed by atoms with van der Waals surface area (Å²) in [5, 5.41) is 32.1. The van der Waals surface area contributed by atoms with Crippen molar-refractivity contribution in [1.82, 2.24) is 0 Å². The minimum absolute atomic E-state index is 0.0614. The van der Waals surface area contributed by atoms with E-state index in [0.717, 1.165) is 11.1 Å². The number of ether oxygens (including phenoxy) is 1. The van der Waals surface area contributed by atoms with Gasteiger partial charge < -0.3 is 20.1 Å². The zero-order chi connectivity index (χ0) is 22.8. The van der Waals surface area contributed by atoms with Gasteiger partial charge in [0.05, 0.1) is 17.1 Å². The van der Waals surface area contributed by atoms with E-state index in [4.69, 9.17) is 4.74 Å². The zero-order valence-corrected chi connectivity index (χ0v) is 18.2. The topological polar surface area (TPSA) is 73.2 Å². The van der Waals surface area contributed by atoms with Crippen LogP contribution in [0.2, 0.25) is 0 Å². The van der Waals surface area contributed by atoms with Crippen LogP contribution in [0.3, 0.4) is 0 Å². The molecule has 4 rings (SSSR count). The van der Waals surface area contributed by atoms with E-state index in [1.807, 2.05) is 50.2 Å². The number of aryl methyl sites for hydroxylation is 3. The molecule has 0 amide bonds. The molecule has 5 nitrogen and oxygen atoms in total. The number of phenolic OH excluding ortho intramolecular Hbond substituents is 3. The van der Waals surface area contributed by atoms with Crippen molar-refractivity contribution >= 4 is 17.1 Å². The van der Waals surface area contributed by atoms with Crippen molar-refractivity contribution in [2.75, 3.05) is 4.90 Å². The molecular weight excluding hydrogens is 402 g/mol. The summed E-state index contributed by atoms with van der Waals surface area (Å²) in [6, 6.07) is 23.2. The van der Waals surface area contributed by atoms with E-state index in [1.54, 1.807) is 54.3 Å². The maximum absolute atomic E-state index is 10.8. The third-order valence-electron chi connectivity index (χ3n) is 5.41. The number of hydrogen-bond acceptors (Lipinski definition) is 5. The van der Waals surface area contributed by atoms with E-state index in [9.17, 15) is 15.3 Å². The van der Waals surface area contributed by atoms with E-state index < -0.39 is 0 Å². The van der Waals surface area contributed by atoms with E-state index in [2.05, 4.69) is 0 Å². The van der Waals surface area contributed by atoms with Gasteiger partial charge in [0.1, 0.15) is 11.5 Å². The Labute approximate surface area is 187 Å². The first-order valence-electron chi connectivity index (χ1n) is 10.3. The molecule has 4 aromatic rings. The molecule has 0 aliphatic heterocycles. The Morgan fingerprint density at radius 1 is 0.562 bits per heavy atom. The van der Waals surface area contributed by atoms with Crippen LogP contribution in [0.4, 0.5) is 17.1 Å². The smallest absolute Gasteiger partial charge is 0.169 e. The van der Waals surface area contributed by atoms with Crippen LogP contribution in [0.5, 0.6) is 28.7 Å². The summed E-state index contributed by atoms with van der Waals surface area (Å²) in [5.41, 5.74) is 4.00. The normalized spacial score (nSPS) is 10.7. The summed E-state index contributed by atoms with van der Waals surface area (Å²) in [4.78, 5) is 1.79. The highest BCUT2D eigenvalue weighted by atomic mass is 16.5. The molecule has 5 heteroatoms. The number of rotatable bonds is 5. The molecule has 162 valence electrons. The molecule has 0 aliphatic carbocycles. The molecule has 0 aliphatic rings. The van der Waals surface area contributed by atoms with Crippen molar-refractivity contribution in [1.29, 1.82) is 0 Å². The molecule has 0 bridgehead atoms. The second kappa shape index (κ2) is 8.55. The van der Waals surface area contributed by atoms with Gasteiger partial charge in [0.15, 0.2) is 17.2 Å². The summed E-state index contributed by atoms with van der Waals surface area (Å²) in [6.07, 6.45) is 0. The quantitative estimate of drug-likeness (QED) is 0.320. The van der Waals surface area contributed by atoms with E-state index in [1.165, 1.54) is 0 Å². The Balaban J connectivity index is 1.97. The average Bonchev–Trinajstić information content (AvgIpc) is 2.76. The minimum Gasteiger partial charge on any atom is -0.506 e. The van der Waals surface area contributed by atoms with Crippen LogP contribution in [0.25, 0.3) is 0 Å². The molecule has 0 atom stereocenters. The number of para-hydroxylation sites is 5. The maximum Gasteiger partial charge on any atom is 0.169 e. The zero-order valence-electron chi connectivity index (χ0n) is 18.2. The van der Waals surface area contributed by atoms with Gasteiger partial charge in [-0.2, -0.15) is 0 Å². The van der Waals surface area contributed by atoms with Gasteiger partial charge in [-0.05, 0) is 67.8 Å². The molecule has 0 saturated heterocycles. The lowest BCUT2D eigenvalue weighted by atomic mass is 10.1. The van der Waals surface area contributed by atoms with Gasteiger partial charge in [-0.3, -0.25) is 4.90 Å². The second-order valence-electron chi connectivity index (χ2n) is 7.71. The van der Waals surface area contributed by atoms with Crippen LogP contribution in [0.1, 0.15) is 16.7 Å². The molecule has 0 spiro atoms. The highest BCUT2D eigenvalue weighted by Gasteiger charge is 2.25. The summed E-state index contributed by atoms with van der Waals surface area (Å²) >= 11 is 0. The molecule has 0 aromatic heterocycles. The van der Waals surface area contributed by atoms with Crippen molar-refractivity contribution < 1.29 is 20.1 Å². The maximum atomic E-state index is 10.8. The van der Waals surface area contributed by atoms with E-state index in [-0.39, 0.29) is 17.2 Å². The number of nitrogens with zero attached hydrogens (tertiary/aromatic N) is 1. The van der Waals surface area contributed by atoms with Crippen molar-refractivity contribution in [2.24, 2.45) is 0 Å². The van der Waals surface area contributed by atoms with Crippen molar-refractivity contribution in [3.8, 4) is 28.7 Å². The Hall–Kier alpha value is -4.12. The lowest BCUT2D eigenvalue weighted by molar-refractivity contribution is 0.409. The van der Waals surface area contributed by atoms with Gasteiger partial charge in [0, 0.05) is 0 Å². The molecule has 0 fully saturated rings. The number of benzene rings is 4. The van der Waals surface area contributed by atoms with Crippen LogP contribution in [0, 0.1) is 20.8 Å². The third kappa shape index (κ3) is 3.81. The van der Waals surface area contributed by atoms with Gasteiger partial charge >= 0.3 is 0 Å². The second-order valence-corrected chi connectivity index (χ2v) is 7.71. The van der Waals surface area contributed by atoms with Crippen LogP contribution < -0.4 is 9.64 Å². The Morgan fingerprint density at radius 2 is 1.06 bits per heavy atom. The SMILES string of the molecule is Cc1cccc(Oc2ccccc2N(c2c(C)cccc2O)c2c(C)cccc2O)c1O. The Morgan fingerprint density at radius 3 is 1.66 bits per heavy atom. The highest BCUT2D eigenvalue weighted by molar-refractivity contribution is 5.88. The van der Waals surface area contributed by atoms with Crippen molar-refractivity contribution in [3.63, 3.8) is 0 Å². The van der Waals surface area contributed by atoms with Gasteiger partial charge in [0.2, 0.25) is 0 Å². The highest BCUT2D eigenvalue weighted by Crippen LogP contribution is 2.50. The number of phenols is 3. The van der Waals surface area contributed by atoms with Crippen molar-refractivity contribution in [3.05, 3.63) is 95.6 Å². The van der Waals surface area contributed by atoms with Crippen LogP contribution >= 0.6 is 0 Å². The van der Waals surface area contributed by atoms with E-state index in [0.29, 0.717) is 34.1 Å². The van der Waals surface area contributed by atoms with Crippen molar-refractivity contribution in [2.45, 2.75) is 20.8 Å². The predicted octanol–water partition coefficient (Wildman–Crippen LogP) is 6.99. The average molecular weight is 428 g/mol. The third-order valence-corrected chi connectivity index (χ3v) is 5.41. The fourth-order valence-electron chi connectivity index (χ4n) is 3.78. The standard InChI is InChI=1S/C27H25NO4/c1-17-9-6-13-21(29)25(17)28(26-18(2)10-7-14-22(26)30)20-12-4-5-15-23(20)32-24-16-8-11-19(3)27(24)31/h4-16,29-31H,1-3H3. The van der Waals surface area contributed by atoms with Crippen LogP contribution in [0.15, 0.2) is 78.9 Å². The monoisotopic (exact) mass is 427 g/mol. The Bertz CT molecular complexity index is 1190. The number of aromatic hydroxyl groups is 3. The predicted molar refractivity (Wildman–Crippen MR) is 127 cm³/mol. The van der Waals surface area contributed by atoms with Gasteiger partial charge in [-0.1, -0.05) is 48.5 Å². The summed E-state index contributed by atoms with van der Waals surface area (Å²) in [5.74, 6) is 0.979. The van der Waals surface area contributed by atoms with E-state index >= 15 is 0 Å². The van der Waals surface area contributed by atoms with Gasteiger partial charge in [-0.25, -0.2) is 0 Å². The lowest BCUT2D eigenvalue weighted by Gasteiger charge is -2.30. The fourth-order valence-corrected chi connectivity index (χ4v) is 3.78. The number of hydrogen-bond donors (Lipinski definition) is 3. The minimum atomic E-state index is 0.0614. The lowest BCUT2D eigenvalue weighted by Crippen LogP contribution is -2.14. The molecule has 0 saturated carbocycles. The summed E-state index contributed by atoms with van der Waals surface area (Å²) in [7, 11) is 0. The first-order chi connectivity index (χ1) is 15.4. The molecule has 0 heterocycles. The first kappa shape index (κ1) is 21.1. The number of anilines is 3. The molecule has 32 heavy (non-hydrogen) atoms. The Kier molecular flexibility index (Phi) is 5.65. The molecule has 4 aromatic carbocycles. The summed E-state index contributed by atoms with van der Waals surface area (Å²) < 4.78 is 6.15. The van der Waals surface area contributed by atoms with Gasteiger partial charge in [-0.15, -0.1) is 0 Å². The summed E-state index contributed by atoms with van der Waals surface area (Å²) in [6.45, 7) is 5.59. The fraction of sp³-hybridized carbons (Fsp3) is 0.111. The largest absolute Gasteiger partial charge is 0.506 e. The molecule has 0 unspecified atom stereocenters. The molecule has 0 radical (unpaired) electrons.